The smallest absolute Gasteiger partial charge is 0.445 e. The number of nitrogens with one attached hydrogen (secondary N) is 1. The van der Waals surface area contributed by atoms with Gasteiger partial charge in [-0.05, 0) is 57.5 Å². The molecule has 3 rings (SSSR count). The molecule has 1 aliphatic heterocycles. The highest BCUT2D eigenvalue weighted by Crippen LogP contribution is 2.30. The van der Waals surface area contributed by atoms with Crippen LogP contribution in [0.25, 0.3) is 0 Å². The molecule has 0 aliphatic carbocycles. The Bertz CT molecular complexity index is 1180. The van der Waals surface area contributed by atoms with Crippen LogP contribution in [0.2, 0.25) is 5.02 Å². The van der Waals surface area contributed by atoms with Crippen LogP contribution >= 0.6 is 11.6 Å². The van der Waals surface area contributed by atoms with Gasteiger partial charge in [-0.2, -0.15) is 5.01 Å². The molecule has 1 aliphatic rings. The number of anilines is 1. The van der Waals surface area contributed by atoms with Gasteiger partial charge in [0, 0.05) is 11.6 Å². The predicted molar refractivity (Wildman–Crippen MR) is 139 cm³/mol. The van der Waals surface area contributed by atoms with Crippen LogP contribution in [0, 0.1) is 0 Å². The van der Waals surface area contributed by atoms with E-state index in [4.69, 9.17) is 25.8 Å². The monoisotopic (exact) mass is 527 g/mol. The Kier molecular flexibility index (Phi) is 9.19. The summed E-state index contributed by atoms with van der Waals surface area (Å²) in [5.41, 5.74) is 4.15. The number of ether oxygens (including phenoxy) is 3. The Balaban J connectivity index is 1.96. The second-order valence-corrected chi connectivity index (χ2v) is 9.23. The van der Waals surface area contributed by atoms with Crippen LogP contribution in [0.4, 0.5) is 15.3 Å². The highest BCUT2D eigenvalue weighted by molar-refractivity contribution is 6.30. The molecule has 9 nitrogen and oxygen atoms in total. The fourth-order valence-corrected chi connectivity index (χ4v) is 3.59. The van der Waals surface area contributed by atoms with Gasteiger partial charge in [-0.3, -0.25) is 10.2 Å². The van der Waals surface area contributed by atoms with Crippen LogP contribution in [0.5, 0.6) is 0 Å². The van der Waals surface area contributed by atoms with Crippen molar-refractivity contribution in [3.05, 3.63) is 88.8 Å². The zero-order chi connectivity index (χ0) is 27.1. The average molecular weight is 528 g/mol. The van der Waals surface area contributed by atoms with E-state index >= 15 is 0 Å². The zero-order valence-electron chi connectivity index (χ0n) is 21.2. The SMILES string of the molecule is C=C(C1=C(OC(=O)OC(C)C)CN(Cc2ccccc2)C1=O)N(Nc1ccc(Cl)cc1)C(=O)OC(C)C. The Morgan fingerprint density at radius 3 is 2.24 bits per heavy atom. The third-order valence-electron chi connectivity index (χ3n) is 5.03. The molecule has 0 unspecified atom stereocenters. The summed E-state index contributed by atoms with van der Waals surface area (Å²) in [6, 6.07) is 15.9. The summed E-state index contributed by atoms with van der Waals surface area (Å²) in [6.07, 6.45) is -2.65. The van der Waals surface area contributed by atoms with E-state index in [1.807, 2.05) is 30.3 Å². The van der Waals surface area contributed by atoms with Crippen molar-refractivity contribution in [2.45, 2.75) is 46.4 Å². The summed E-state index contributed by atoms with van der Waals surface area (Å²) < 4.78 is 15.9. The molecule has 196 valence electrons. The molecule has 0 atom stereocenters. The topological polar surface area (TPSA) is 97.4 Å². The van der Waals surface area contributed by atoms with Crippen LogP contribution in [-0.2, 0) is 25.5 Å². The molecule has 2 amide bonds. The Hall–Kier alpha value is -3.98. The number of halogens is 1. The number of hydrazine groups is 1. The van der Waals surface area contributed by atoms with E-state index in [-0.39, 0.29) is 30.1 Å². The van der Waals surface area contributed by atoms with Gasteiger partial charge >= 0.3 is 12.2 Å². The number of rotatable bonds is 9. The molecule has 0 saturated heterocycles. The van der Waals surface area contributed by atoms with Crippen LogP contribution < -0.4 is 5.43 Å². The zero-order valence-corrected chi connectivity index (χ0v) is 21.9. The van der Waals surface area contributed by atoms with Crippen LogP contribution in [0.15, 0.2) is 78.2 Å². The molecule has 0 bridgehead atoms. The van der Waals surface area contributed by atoms with Gasteiger partial charge in [-0.1, -0.05) is 48.5 Å². The molecule has 0 spiro atoms. The van der Waals surface area contributed by atoms with Crippen molar-refractivity contribution in [1.82, 2.24) is 9.91 Å². The number of amides is 2. The highest BCUT2D eigenvalue weighted by atomic mass is 35.5. The minimum absolute atomic E-state index is 0.0110. The van der Waals surface area contributed by atoms with E-state index in [9.17, 15) is 14.4 Å². The minimum Gasteiger partial charge on any atom is -0.445 e. The lowest BCUT2D eigenvalue weighted by Gasteiger charge is -2.27. The van der Waals surface area contributed by atoms with Gasteiger partial charge in [-0.15, -0.1) is 0 Å². The summed E-state index contributed by atoms with van der Waals surface area (Å²) in [6.45, 7) is 11.0. The summed E-state index contributed by atoms with van der Waals surface area (Å²) in [5.74, 6) is -0.460. The van der Waals surface area contributed by atoms with Crippen LogP contribution in [0.1, 0.15) is 33.3 Å². The molecule has 1 N–H and O–H groups in total. The van der Waals surface area contributed by atoms with Gasteiger partial charge < -0.3 is 19.1 Å². The van der Waals surface area contributed by atoms with Gasteiger partial charge in [0.2, 0.25) is 0 Å². The standard InChI is InChI=1S/C27H30ClN3O6/c1-17(2)35-26(33)31(29-22-13-11-21(28)12-14-22)19(5)24-23(37-27(34)36-18(3)4)16-30(25(24)32)15-20-9-7-6-8-10-20/h6-14,17-18,29H,5,15-16H2,1-4H3. The van der Waals surface area contributed by atoms with Crippen molar-refractivity contribution in [2.75, 3.05) is 12.0 Å². The molecule has 1 heterocycles. The largest absolute Gasteiger partial charge is 0.513 e. The van der Waals surface area contributed by atoms with E-state index in [2.05, 4.69) is 12.0 Å². The fraction of sp³-hybridized carbons (Fsp3) is 0.296. The highest BCUT2D eigenvalue weighted by Gasteiger charge is 2.38. The summed E-state index contributed by atoms with van der Waals surface area (Å²) in [7, 11) is 0. The molecule has 0 aromatic heterocycles. The van der Waals surface area contributed by atoms with Gasteiger partial charge in [-0.25, -0.2) is 9.59 Å². The third kappa shape index (κ3) is 7.50. The van der Waals surface area contributed by atoms with E-state index in [1.165, 1.54) is 4.90 Å². The number of carbonyl (C=O) groups excluding carboxylic acids is 3. The number of nitrogens with zero attached hydrogens (tertiary/aromatic N) is 2. The first-order chi connectivity index (χ1) is 17.5. The lowest BCUT2D eigenvalue weighted by atomic mass is 10.1. The van der Waals surface area contributed by atoms with E-state index < -0.39 is 30.4 Å². The molecule has 2 aromatic rings. The van der Waals surface area contributed by atoms with Crippen LogP contribution in [0.3, 0.4) is 0 Å². The minimum atomic E-state index is -0.966. The van der Waals surface area contributed by atoms with E-state index in [0.29, 0.717) is 10.7 Å². The molecular formula is C27H30ClN3O6. The second-order valence-electron chi connectivity index (χ2n) is 8.80. The van der Waals surface area contributed by atoms with E-state index in [1.54, 1.807) is 52.0 Å². The molecule has 2 aromatic carbocycles. The van der Waals surface area contributed by atoms with Crippen molar-refractivity contribution < 1.29 is 28.6 Å². The van der Waals surface area contributed by atoms with Crippen molar-refractivity contribution in [2.24, 2.45) is 0 Å². The van der Waals surface area contributed by atoms with Crippen molar-refractivity contribution in [3.63, 3.8) is 0 Å². The maximum absolute atomic E-state index is 13.6. The van der Waals surface area contributed by atoms with Gasteiger partial charge in [0.15, 0.2) is 0 Å². The molecule has 0 radical (unpaired) electrons. The summed E-state index contributed by atoms with van der Waals surface area (Å²) in [5, 5.41) is 1.50. The van der Waals surface area contributed by atoms with Crippen molar-refractivity contribution in [3.8, 4) is 0 Å². The first kappa shape index (κ1) is 27.6. The van der Waals surface area contributed by atoms with Crippen LogP contribution in [-0.4, -0.2) is 46.8 Å². The number of hydrogen-bond donors (Lipinski definition) is 1. The lowest BCUT2D eigenvalue weighted by molar-refractivity contribution is -0.125. The van der Waals surface area contributed by atoms with Gasteiger partial charge in [0.1, 0.15) is 11.3 Å². The maximum Gasteiger partial charge on any atom is 0.513 e. The Morgan fingerprint density at radius 2 is 1.65 bits per heavy atom. The Morgan fingerprint density at radius 1 is 1.03 bits per heavy atom. The number of carbonyl (C=O) groups is 3. The van der Waals surface area contributed by atoms with Gasteiger partial charge in [0.25, 0.3) is 5.91 Å². The van der Waals surface area contributed by atoms with Gasteiger partial charge in [0.05, 0.1) is 30.1 Å². The molecule has 10 heteroatoms. The van der Waals surface area contributed by atoms with Crippen molar-refractivity contribution in [1.29, 1.82) is 0 Å². The maximum atomic E-state index is 13.6. The molecule has 0 saturated carbocycles. The average Bonchev–Trinajstić information content (AvgIpc) is 3.11. The number of benzene rings is 2. The molecular weight excluding hydrogens is 498 g/mol. The predicted octanol–water partition coefficient (Wildman–Crippen LogP) is 5.89. The second kappa shape index (κ2) is 12.3. The first-order valence-electron chi connectivity index (χ1n) is 11.7. The Labute approximate surface area is 221 Å². The van der Waals surface area contributed by atoms with E-state index in [0.717, 1.165) is 10.6 Å². The summed E-state index contributed by atoms with van der Waals surface area (Å²) in [4.78, 5) is 40.5. The molecule has 37 heavy (non-hydrogen) atoms. The quantitative estimate of drug-likeness (QED) is 0.321. The lowest BCUT2D eigenvalue weighted by Crippen LogP contribution is -2.39. The normalized spacial score (nSPS) is 13.2. The first-order valence-corrected chi connectivity index (χ1v) is 12.1. The van der Waals surface area contributed by atoms with Crippen molar-refractivity contribution >= 4 is 35.4 Å². The summed E-state index contributed by atoms with van der Waals surface area (Å²) >= 11 is 5.98. The fourth-order valence-electron chi connectivity index (χ4n) is 3.46. The third-order valence-corrected chi connectivity index (χ3v) is 5.28. The molecule has 0 fully saturated rings. The number of hydrogen-bond acceptors (Lipinski definition) is 7.